The molecule has 0 aliphatic carbocycles. The van der Waals surface area contributed by atoms with Crippen molar-refractivity contribution in [3.63, 3.8) is 0 Å². The van der Waals surface area contributed by atoms with Gasteiger partial charge in [-0.3, -0.25) is 4.79 Å². The summed E-state index contributed by atoms with van der Waals surface area (Å²) in [4.78, 5) is 23.5. The number of rotatable bonds is 5. The van der Waals surface area contributed by atoms with E-state index < -0.39 is 5.97 Å². The van der Waals surface area contributed by atoms with E-state index in [4.69, 9.17) is 44.3 Å². The zero-order valence-corrected chi connectivity index (χ0v) is 15.6. The maximum atomic E-state index is 12.3. The molecule has 2 aromatic carbocycles. The third-order valence-corrected chi connectivity index (χ3v) is 4.09. The van der Waals surface area contributed by atoms with Gasteiger partial charge in [0.25, 0.3) is 0 Å². The van der Waals surface area contributed by atoms with Crippen molar-refractivity contribution in [2.45, 2.75) is 13.5 Å². The van der Waals surface area contributed by atoms with Gasteiger partial charge in [0.15, 0.2) is 0 Å². The van der Waals surface area contributed by atoms with Crippen LogP contribution < -0.4 is 10.1 Å². The van der Waals surface area contributed by atoms with Crippen molar-refractivity contribution >= 4 is 52.4 Å². The zero-order valence-electron chi connectivity index (χ0n) is 13.4. The average molecular weight is 403 g/mol. The molecule has 5 nitrogen and oxygen atoms in total. The number of carbonyl (C=O) groups is 2. The number of benzene rings is 2. The van der Waals surface area contributed by atoms with Crippen LogP contribution in [0.5, 0.6) is 5.75 Å². The van der Waals surface area contributed by atoms with Crippen molar-refractivity contribution in [1.82, 2.24) is 0 Å². The molecule has 0 aliphatic heterocycles. The normalized spacial score (nSPS) is 10.3. The van der Waals surface area contributed by atoms with Crippen molar-refractivity contribution in [3.8, 4) is 5.75 Å². The molecule has 0 fully saturated rings. The van der Waals surface area contributed by atoms with Crippen LogP contribution in [-0.4, -0.2) is 19.0 Å². The summed E-state index contributed by atoms with van der Waals surface area (Å²) in [6.07, 6.45) is 0. The molecule has 2 rings (SSSR count). The predicted octanol–water partition coefficient (Wildman–Crippen LogP) is 4.97. The first kappa shape index (κ1) is 19.4. The van der Waals surface area contributed by atoms with E-state index >= 15 is 0 Å². The number of anilines is 1. The van der Waals surface area contributed by atoms with E-state index in [2.05, 4.69) is 5.32 Å². The molecule has 0 aromatic heterocycles. The molecule has 0 spiro atoms. The third-order valence-electron chi connectivity index (χ3n) is 3.19. The Bertz CT molecular complexity index is 824. The lowest BCUT2D eigenvalue weighted by Crippen LogP contribution is -2.10. The van der Waals surface area contributed by atoms with E-state index in [0.717, 1.165) is 0 Å². The first-order valence-corrected chi connectivity index (χ1v) is 8.21. The molecular formula is C17H14Cl3NO4. The van der Waals surface area contributed by atoms with Crippen LogP contribution in [0.25, 0.3) is 0 Å². The Morgan fingerprint density at radius 3 is 2.40 bits per heavy atom. The van der Waals surface area contributed by atoms with Gasteiger partial charge in [-0.15, -0.1) is 0 Å². The number of ether oxygens (including phenoxy) is 2. The van der Waals surface area contributed by atoms with Crippen molar-refractivity contribution < 1.29 is 19.1 Å². The molecule has 1 N–H and O–H groups in total. The smallest absolute Gasteiger partial charge is 0.342 e. The van der Waals surface area contributed by atoms with Gasteiger partial charge in [0, 0.05) is 28.6 Å². The largest absolute Gasteiger partial charge is 0.496 e. The van der Waals surface area contributed by atoms with Crippen molar-refractivity contribution in [1.29, 1.82) is 0 Å². The summed E-state index contributed by atoms with van der Waals surface area (Å²) in [5, 5.41) is 3.62. The summed E-state index contributed by atoms with van der Waals surface area (Å²) in [5.74, 6) is -0.712. The maximum absolute atomic E-state index is 12.3. The van der Waals surface area contributed by atoms with E-state index in [1.165, 1.54) is 26.2 Å². The summed E-state index contributed by atoms with van der Waals surface area (Å²) >= 11 is 18.0. The topological polar surface area (TPSA) is 64.6 Å². The highest BCUT2D eigenvalue weighted by Gasteiger charge is 2.18. The van der Waals surface area contributed by atoms with Crippen LogP contribution in [0.2, 0.25) is 15.1 Å². The van der Waals surface area contributed by atoms with Gasteiger partial charge in [0.2, 0.25) is 5.91 Å². The first-order valence-electron chi connectivity index (χ1n) is 7.08. The fourth-order valence-corrected chi connectivity index (χ4v) is 2.70. The van der Waals surface area contributed by atoms with Crippen molar-refractivity contribution in [3.05, 3.63) is 56.5 Å². The van der Waals surface area contributed by atoms with Crippen LogP contribution in [-0.2, 0) is 16.1 Å². The van der Waals surface area contributed by atoms with Gasteiger partial charge >= 0.3 is 5.97 Å². The molecule has 25 heavy (non-hydrogen) atoms. The Labute approximate surface area is 159 Å². The van der Waals surface area contributed by atoms with Gasteiger partial charge in [0.05, 0.1) is 17.8 Å². The maximum Gasteiger partial charge on any atom is 0.342 e. The monoisotopic (exact) mass is 401 g/mol. The van der Waals surface area contributed by atoms with Crippen LogP contribution >= 0.6 is 34.8 Å². The molecule has 8 heteroatoms. The summed E-state index contributed by atoms with van der Waals surface area (Å²) in [5.41, 5.74) is 1.08. The molecule has 0 saturated carbocycles. The second kappa shape index (κ2) is 8.43. The van der Waals surface area contributed by atoms with Gasteiger partial charge in [-0.1, -0.05) is 40.9 Å². The van der Waals surface area contributed by atoms with Crippen LogP contribution in [0.1, 0.15) is 22.8 Å². The molecular weight excluding hydrogens is 389 g/mol. The quantitative estimate of drug-likeness (QED) is 0.717. The fraction of sp³-hybridized carbons (Fsp3) is 0.176. The summed E-state index contributed by atoms with van der Waals surface area (Å²) < 4.78 is 10.4. The molecule has 0 aliphatic rings. The Morgan fingerprint density at radius 2 is 1.80 bits per heavy atom. The SMILES string of the molecule is COc1cc(NC(C)=O)c(Cl)cc1C(=O)OCc1ccc(Cl)cc1Cl. The lowest BCUT2D eigenvalue weighted by Gasteiger charge is -2.13. The molecule has 2 aromatic rings. The summed E-state index contributed by atoms with van der Waals surface area (Å²) in [6, 6.07) is 7.71. The van der Waals surface area contributed by atoms with Crippen molar-refractivity contribution in [2.75, 3.05) is 12.4 Å². The second-order valence-corrected chi connectivity index (χ2v) is 6.28. The Hall–Kier alpha value is -1.95. The molecule has 0 radical (unpaired) electrons. The number of carbonyl (C=O) groups excluding carboxylic acids is 2. The molecule has 1 amide bonds. The lowest BCUT2D eigenvalue weighted by atomic mass is 10.1. The van der Waals surface area contributed by atoms with Gasteiger partial charge in [-0.25, -0.2) is 4.79 Å². The van der Waals surface area contributed by atoms with Gasteiger partial charge in [-0.05, 0) is 18.2 Å². The van der Waals surface area contributed by atoms with Gasteiger partial charge < -0.3 is 14.8 Å². The number of esters is 1. The molecule has 0 saturated heterocycles. The standard InChI is InChI=1S/C17H14Cl3NO4/c1-9(22)21-15-7-16(24-2)12(6-14(15)20)17(23)25-8-10-3-4-11(18)5-13(10)19/h3-7H,8H2,1-2H3,(H,21,22). The van der Waals surface area contributed by atoms with Gasteiger partial charge in [-0.2, -0.15) is 0 Å². The number of nitrogens with one attached hydrogen (secondary N) is 1. The molecule has 0 atom stereocenters. The highest BCUT2D eigenvalue weighted by atomic mass is 35.5. The third kappa shape index (κ3) is 5.01. The molecule has 0 bridgehead atoms. The number of hydrogen-bond acceptors (Lipinski definition) is 4. The second-order valence-electron chi connectivity index (χ2n) is 5.03. The Morgan fingerprint density at radius 1 is 1.08 bits per heavy atom. The van der Waals surface area contributed by atoms with E-state index in [0.29, 0.717) is 21.3 Å². The van der Waals surface area contributed by atoms with Crippen molar-refractivity contribution in [2.24, 2.45) is 0 Å². The Balaban J connectivity index is 2.20. The first-order chi connectivity index (χ1) is 11.8. The number of halogens is 3. The minimum absolute atomic E-state index is 0.0386. The minimum atomic E-state index is -0.640. The highest BCUT2D eigenvalue weighted by molar-refractivity contribution is 6.35. The fourth-order valence-electron chi connectivity index (χ4n) is 2.03. The summed E-state index contributed by atoms with van der Waals surface area (Å²) in [7, 11) is 1.40. The number of hydrogen-bond donors (Lipinski definition) is 1. The summed E-state index contributed by atoms with van der Waals surface area (Å²) in [6.45, 7) is 1.31. The number of methoxy groups -OCH3 is 1. The predicted molar refractivity (Wildman–Crippen MR) is 97.9 cm³/mol. The van der Waals surface area contributed by atoms with E-state index in [1.807, 2.05) is 0 Å². The van der Waals surface area contributed by atoms with Crippen LogP contribution in [0.15, 0.2) is 30.3 Å². The number of amides is 1. The van der Waals surface area contributed by atoms with E-state index in [-0.39, 0.29) is 28.8 Å². The lowest BCUT2D eigenvalue weighted by molar-refractivity contribution is -0.114. The zero-order chi connectivity index (χ0) is 18.6. The van der Waals surface area contributed by atoms with Crippen LogP contribution in [0, 0.1) is 0 Å². The molecule has 132 valence electrons. The minimum Gasteiger partial charge on any atom is -0.496 e. The highest BCUT2D eigenvalue weighted by Crippen LogP contribution is 2.32. The van der Waals surface area contributed by atoms with Crippen LogP contribution in [0.4, 0.5) is 5.69 Å². The molecule has 0 unspecified atom stereocenters. The average Bonchev–Trinajstić information content (AvgIpc) is 2.54. The molecule has 0 heterocycles. The van der Waals surface area contributed by atoms with Crippen LogP contribution in [0.3, 0.4) is 0 Å². The van der Waals surface area contributed by atoms with E-state index in [9.17, 15) is 9.59 Å². The Kier molecular flexibility index (Phi) is 6.53. The van der Waals surface area contributed by atoms with E-state index in [1.54, 1.807) is 18.2 Å². The van der Waals surface area contributed by atoms with Gasteiger partial charge in [0.1, 0.15) is 17.9 Å².